The van der Waals surface area contributed by atoms with Crippen LogP contribution in [0.4, 0.5) is 0 Å². The van der Waals surface area contributed by atoms with E-state index in [-0.39, 0.29) is 7.43 Å². The van der Waals surface area contributed by atoms with Gasteiger partial charge in [-0.25, -0.2) is 0 Å². The van der Waals surface area contributed by atoms with Crippen LogP contribution in [0.25, 0.3) is 10.8 Å². The highest BCUT2D eigenvalue weighted by atomic mass is 13.9. The maximum atomic E-state index is 2.19. The highest BCUT2D eigenvalue weighted by molar-refractivity contribution is 5.81. The summed E-state index contributed by atoms with van der Waals surface area (Å²) in [6.45, 7) is 6.38. The molecule has 3 aromatic carbocycles. The Bertz CT molecular complexity index is 550. The van der Waals surface area contributed by atoms with Gasteiger partial charge in [0.25, 0.3) is 0 Å². The number of aryl methyl sites for hydroxylation is 3. The standard InChI is InChI=1S/C10H8.C9H12.CH4/c1-2-6-10-8-4-3-7-9(10)5-1;1-7-4-8(2)6-9(3)5-7;/h1-8H;4-6H,1-3H3;1H4. The SMILES string of the molecule is C.Cc1cc(C)cc(C)c1.c1ccc2ccccc2c1. The fourth-order valence-corrected chi connectivity index (χ4v) is 2.34. The summed E-state index contributed by atoms with van der Waals surface area (Å²) >= 11 is 0. The normalized spacial score (nSPS) is 9.35. The Morgan fingerprint density at radius 3 is 1.00 bits per heavy atom. The molecule has 0 saturated heterocycles. The average molecular weight is 264 g/mol. The van der Waals surface area contributed by atoms with Gasteiger partial charge in [0, 0.05) is 0 Å². The second-order valence-corrected chi connectivity index (χ2v) is 5.01. The van der Waals surface area contributed by atoms with Crippen molar-refractivity contribution in [1.29, 1.82) is 0 Å². The summed E-state index contributed by atoms with van der Waals surface area (Å²) in [6, 6.07) is 23.3. The monoisotopic (exact) mass is 264 g/mol. The first kappa shape index (κ1) is 16.0. The first-order chi connectivity index (χ1) is 9.15. The van der Waals surface area contributed by atoms with E-state index in [4.69, 9.17) is 0 Å². The molecule has 20 heavy (non-hydrogen) atoms. The Labute approximate surface area is 123 Å². The lowest BCUT2D eigenvalue weighted by Gasteiger charge is -1.96. The smallest absolute Gasteiger partial charge is 0.0184 e. The number of rotatable bonds is 0. The number of hydrogen-bond acceptors (Lipinski definition) is 0. The third-order valence-corrected chi connectivity index (χ3v) is 3.02. The van der Waals surface area contributed by atoms with Crippen molar-refractivity contribution >= 4 is 10.8 Å². The molecule has 3 aromatic rings. The summed E-state index contributed by atoms with van der Waals surface area (Å²) in [5.74, 6) is 0. The summed E-state index contributed by atoms with van der Waals surface area (Å²) in [7, 11) is 0. The minimum Gasteiger partial charge on any atom is -0.0776 e. The van der Waals surface area contributed by atoms with E-state index < -0.39 is 0 Å². The third kappa shape index (κ3) is 4.55. The van der Waals surface area contributed by atoms with Gasteiger partial charge in [0.05, 0.1) is 0 Å². The lowest BCUT2D eigenvalue weighted by atomic mass is 10.1. The molecule has 0 unspecified atom stereocenters. The molecule has 0 spiro atoms. The molecule has 0 heterocycles. The van der Waals surface area contributed by atoms with E-state index in [9.17, 15) is 0 Å². The van der Waals surface area contributed by atoms with Gasteiger partial charge in [-0.05, 0) is 31.5 Å². The molecule has 0 bridgehead atoms. The summed E-state index contributed by atoms with van der Waals surface area (Å²) < 4.78 is 0. The molecular formula is C20H24. The maximum Gasteiger partial charge on any atom is -0.0184 e. The van der Waals surface area contributed by atoms with Gasteiger partial charge < -0.3 is 0 Å². The van der Waals surface area contributed by atoms with Crippen LogP contribution in [0.1, 0.15) is 24.1 Å². The van der Waals surface area contributed by atoms with Crippen molar-refractivity contribution in [3.05, 3.63) is 83.4 Å². The molecule has 104 valence electrons. The number of fused-ring (bicyclic) bond motifs is 1. The van der Waals surface area contributed by atoms with Crippen LogP contribution in [0.2, 0.25) is 0 Å². The Kier molecular flexibility index (Phi) is 5.99. The fourth-order valence-electron chi connectivity index (χ4n) is 2.34. The van der Waals surface area contributed by atoms with Gasteiger partial charge in [0.2, 0.25) is 0 Å². The average Bonchev–Trinajstić information content (AvgIpc) is 2.38. The molecule has 0 atom stereocenters. The third-order valence-electron chi connectivity index (χ3n) is 3.02. The van der Waals surface area contributed by atoms with E-state index in [1.54, 1.807) is 0 Å². The molecule has 0 aromatic heterocycles. The largest absolute Gasteiger partial charge is 0.0776 e. The van der Waals surface area contributed by atoms with E-state index >= 15 is 0 Å². The number of benzene rings is 3. The summed E-state index contributed by atoms with van der Waals surface area (Å²) in [5, 5.41) is 2.62. The van der Waals surface area contributed by atoms with Crippen molar-refractivity contribution in [2.75, 3.05) is 0 Å². The molecule has 0 aliphatic heterocycles. The lowest BCUT2D eigenvalue weighted by Crippen LogP contribution is -1.78. The second kappa shape index (κ2) is 7.49. The molecule has 3 rings (SSSR count). The predicted octanol–water partition coefficient (Wildman–Crippen LogP) is 6.09. The minimum atomic E-state index is 0. The minimum absolute atomic E-state index is 0. The summed E-state index contributed by atoms with van der Waals surface area (Å²) in [5.41, 5.74) is 4.06. The quantitative estimate of drug-likeness (QED) is 0.461. The highest BCUT2D eigenvalue weighted by Gasteiger charge is 1.87. The van der Waals surface area contributed by atoms with Gasteiger partial charge in [0.15, 0.2) is 0 Å². The molecule has 0 amide bonds. The molecular weight excluding hydrogens is 240 g/mol. The van der Waals surface area contributed by atoms with Crippen molar-refractivity contribution in [2.24, 2.45) is 0 Å². The number of hydrogen-bond donors (Lipinski definition) is 0. The molecule has 0 aliphatic rings. The van der Waals surface area contributed by atoms with Crippen molar-refractivity contribution in [3.8, 4) is 0 Å². The molecule has 0 fully saturated rings. The maximum absolute atomic E-state index is 2.19. The van der Waals surface area contributed by atoms with Crippen LogP contribution >= 0.6 is 0 Å². The van der Waals surface area contributed by atoms with E-state index in [1.807, 2.05) is 0 Å². The van der Waals surface area contributed by atoms with Crippen molar-refractivity contribution in [1.82, 2.24) is 0 Å². The van der Waals surface area contributed by atoms with Gasteiger partial charge in [-0.3, -0.25) is 0 Å². The van der Waals surface area contributed by atoms with Crippen LogP contribution in [0.3, 0.4) is 0 Å². The van der Waals surface area contributed by atoms with E-state index in [2.05, 4.69) is 87.5 Å². The van der Waals surface area contributed by atoms with Crippen molar-refractivity contribution < 1.29 is 0 Å². The van der Waals surface area contributed by atoms with Crippen molar-refractivity contribution in [2.45, 2.75) is 28.2 Å². The molecule has 0 heteroatoms. The molecule has 0 saturated carbocycles. The topological polar surface area (TPSA) is 0 Å². The van der Waals surface area contributed by atoms with E-state index in [0.29, 0.717) is 0 Å². The molecule has 0 aliphatic carbocycles. The zero-order valence-electron chi connectivity index (χ0n) is 11.9. The van der Waals surface area contributed by atoms with Crippen LogP contribution in [0.15, 0.2) is 66.7 Å². The van der Waals surface area contributed by atoms with Crippen LogP contribution < -0.4 is 0 Å². The van der Waals surface area contributed by atoms with Gasteiger partial charge in [-0.1, -0.05) is 90.8 Å². The van der Waals surface area contributed by atoms with Gasteiger partial charge in [0.1, 0.15) is 0 Å². The first-order valence-electron chi connectivity index (χ1n) is 6.64. The lowest BCUT2D eigenvalue weighted by molar-refractivity contribution is 1.32. The Morgan fingerprint density at radius 2 is 0.750 bits per heavy atom. The molecule has 0 nitrogen and oxygen atoms in total. The fraction of sp³-hybridized carbons (Fsp3) is 0.200. The Morgan fingerprint density at radius 1 is 0.500 bits per heavy atom. The van der Waals surface area contributed by atoms with Crippen LogP contribution in [-0.2, 0) is 0 Å². The zero-order chi connectivity index (χ0) is 13.7. The van der Waals surface area contributed by atoms with E-state index in [1.165, 1.54) is 27.5 Å². The first-order valence-corrected chi connectivity index (χ1v) is 6.64. The van der Waals surface area contributed by atoms with E-state index in [0.717, 1.165) is 0 Å². The van der Waals surface area contributed by atoms with Gasteiger partial charge in [-0.15, -0.1) is 0 Å². The summed E-state index contributed by atoms with van der Waals surface area (Å²) in [4.78, 5) is 0. The van der Waals surface area contributed by atoms with Crippen LogP contribution in [-0.4, -0.2) is 0 Å². The molecule has 0 N–H and O–H groups in total. The van der Waals surface area contributed by atoms with Gasteiger partial charge >= 0.3 is 0 Å². The van der Waals surface area contributed by atoms with Crippen LogP contribution in [0.5, 0.6) is 0 Å². The Hall–Kier alpha value is -2.08. The zero-order valence-corrected chi connectivity index (χ0v) is 11.9. The highest BCUT2D eigenvalue weighted by Crippen LogP contribution is 2.11. The summed E-state index contributed by atoms with van der Waals surface area (Å²) in [6.07, 6.45) is 0. The van der Waals surface area contributed by atoms with Crippen LogP contribution in [0, 0.1) is 20.8 Å². The van der Waals surface area contributed by atoms with Crippen molar-refractivity contribution in [3.63, 3.8) is 0 Å². The predicted molar refractivity (Wildman–Crippen MR) is 91.3 cm³/mol. The molecule has 0 radical (unpaired) electrons. The second-order valence-electron chi connectivity index (χ2n) is 5.01. The Balaban J connectivity index is 0.000000192. The van der Waals surface area contributed by atoms with Gasteiger partial charge in [-0.2, -0.15) is 0 Å².